The predicted octanol–water partition coefficient (Wildman–Crippen LogP) is 3.45. The number of pyridine rings is 1. The van der Waals surface area contributed by atoms with Gasteiger partial charge in [0.15, 0.2) is 0 Å². The fraction of sp³-hybridized carbons (Fsp3) is 0.300. The minimum atomic E-state index is -1.19. The fourth-order valence-corrected chi connectivity index (χ4v) is 7.89. The smallest absolute Gasteiger partial charge is 0.0941 e. The molecule has 0 bridgehead atoms. The molecule has 14 heavy (non-hydrogen) atoms. The first-order valence-corrected chi connectivity index (χ1v) is 9.93. The van der Waals surface area contributed by atoms with Crippen LogP contribution in [0.5, 0.6) is 0 Å². The standard InChI is InChI=1S/C10H12INSSi/c1-14(2,3)10-8(11)9-7(13-10)5-4-6-12-9/h4-6H,1-3H3. The molecule has 0 aliphatic rings. The van der Waals surface area contributed by atoms with Crippen molar-refractivity contribution in [2.24, 2.45) is 0 Å². The number of rotatable bonds is 1. The summed E-state index contributed by atoms with van der Waals surface area (Å²) in [7, 11) is -1.19. The highest BCUT2D eigenvalue weighted by Gasteiger charge is 2.23. The van der Waals surface area contributed by atoms with Gasteiger partial charge in [-0.2, -0.15) is 0 Å². The van der Waals surface area contributed by atoms with E-state index in [9.17, 15) is 0 Å². The zero-order valence-corrected chi connectivity index (χ0v) is 12.4. The first kappa shape index (κ1) is 10.6. The van der Waals surface area contributed by atoms with Gasteiger partial charge in [0.2, 0.25) is 0 Å². The van der Waals surface area contributed by atoms with Gasteiger partial charge < -0.3 is 0 Å². The van der Waals surface area contributed by atoms with Crippen molar-refractivity contribution in [1.29, 1.82) is 0 Å². The molecule has 0 radical (unpaired) electrons. The highest BCUT2D eigenvalue weighted by molar-refractivity contribution is 14.1. The Morgan fingerprint density at radius 1 is 1.36 bits per heavy atom. The first-order chi connectivity index (χ1) is 6.50. The van der Waals surface area contributed by atoms with Crippen LogP contribution in [0.15, 0.2) is 18.3 Å². The summed E-state index contributed by atoms with van der Waals surface area (Å²) in [6.07, 6.45) is 1.88. The molecule has 0 amide bonds. The zero-order valence-electron chi connectivity index (χ0n) is 8.47. The van der Waals surface area contributed by atoms with Crippen LogP contribution < -0.4 is 4.50 Å². The van der Waals surface area contributed by atoms with Crippen molar-refractivity contribution >= 4 is 56.7 Å². The summed E-state index contributed by atoms with van der Waals surface area (Å²) in [5, 5.41) is 0. The molecular weight excluding hydrogens is 321 g/mol. The molecule has 2 heterocycles. The van der Waals surface area contributed by atoms with E-state index >= 15 is 0 Å². The van der Waals surface area contributed by atoms with Gasteiger partial charge in [-0.1, -0.05) is 19.6 Å². The van der Waals surface area contributed by atoms with Crippen LogP contribution >= 0.6 is 33.9 Å². The van der Waals surface area contributed by atoms with Gasteiger partial charge in [-0.3, -0.25) is 4.98 Å². The van der Waals surface area contributed by atoms with Gasteiger partial charge >= 0.3 is 0 Å². The third kappa shape index (κ3) is 1.75. The molecule has 4 heteroatoms. The molecular formula is C10H12INSSi. The lowest BCUT2D eigenvalue weighted by atomic mass is 10.4. The largest absolute Gasteiger partial charge is 0.254 e. The topological polar surface area (TPSA) is 12.9 Å². The molecule has 2 aromatic heterocycles. The molecule has 0 saturated carbocycles. The van der Waals surface area contributed by atoms with Crippen molar-refractivity contribution in [2.75, 3.05) is 0 Å². The molecule has 0 aromatic carbocycles. The van der Waals surface area contributed by atoms with Crippen LogP contribution in [0.4, 0.5) is 0 Å². The Morgan fingerprint density at radius 3 is 2.64 bits per heavy atom. The summed E-state index contributed by atoms with van der Waals surface area (Å²) in [5.74, 6) is 0. The van der Waals surface area contributed by atoms with E-state index in [0.717, 1.165) is 0 Å². The van der Waals surface area contributed by atoms with Crippen LogP contribution in [0.3, 0.4) is 0 Å². The number of halogens is 1. The molecule has 2 rings (SSSR count). The lowest BCUT2D eigenvalue weighted by molar-refractivity contribution is 1.42. The van der Waals surface area contributed by atoms with E-state index in [2.05, 4.69) is 53.3 Å². The van der Waals surface area contributed by atoms with E-state index in [4.69, 9.17) is 0 Å². The summed E-state index contributed by atoms with van der Waals surface area (Å²) in [6, 6.07) is 4.18. The summed E-state index contributed by atoms with van der Waals surface area (Å²) in [5.41, 5.74) is 1.19. The van der Waals surface area contributed by atoms with Gasteiger partial charge in [-0.05, 0) is 34.7 Å². The first-order valence-electron chi connectivity index (χ1n) is 4.53. The molecule has 0 aliphatic carbocycles. The van der Waals surface area contributed by atoms with E-state index in [-0.39, 0.29) is 0 Å². The van der Waals surface area contributed by atoms with Crippen LogP contribution in [0.25, 0.3) is 10.2 Å². The molecule has 0 aliphatic heterocycles. The van der Waals surface area contributed by atoms with Crippen LogP contribution in [-0.4, -0.2) is 13.1 Å². The van der Waals surface area contributed by atoms with Crippen molar-refractivity contribution < 1.29 is 0 Å². The number of fused-ring (bicyclic) bond motifs is 1. The summed E-state index contributed by atoms with van der Waals surface area (Å²) < 4.78 is 4.28. The summed E-state index contributed by atoms with van der Waals surface area (Å²) in [4.78, 5) is 4.44. The van der Waals surface area contributed by atoms with Crippen molar-refractivity contribution in [3.8, 4) is 0 Å². The van der Waals surface area contributed by atoms with E-state index in [0.29, 0.717) is 0 Å². The molecule has 0 unspecified atom stereocenters. The highest BCUT2D eigenvalue weighted by atomic mass is 127. The second-order valence-corrected chi connectivity index (χ2v) is 11.8. The third-order valence-electron chi connectivity index (χ3n) is 2.07. The summed E-state index contributed by atoms with van der Waals surface area (Å²) in [6.45, 7) is 7.17. The molecule has 1 nitrogen and oxygen atoms in total. The Balaban J connectivity index is 2.75. The Kier molecular flexibility index (Phi) is 2.70. The van der Waals surface area contributed by atoms with E-state index in [1.807, 2.05) is 23.6 Å². The van der Waals surface area contributed by atoms with E-state index in [1.54, 1.807) is 4.50 Å². The monoisotopic (exact) mass is 333 g/mol. The Labute approximate surface area is 103 Å². The number of thiophene rings is 1. The lowest BCUT2D eigenvalue weighted by Gasteiger charge is -2.13. The second kappa shape index (κ2) is 3.57. The zero-order chi connectivity index (χ0) is 10.3. The third-order valence-corrected chi connectivity index (χ3v) is 8.71. The molecule has 0 N–H and O–H groups in total. The molecule has 0 spiro atoms. The van der Waals surface area contributed by atoms with Crippen molar-refractivity contribution in [1.82, 2.24) is 4.98 Å². The van der Waals surface area contributed by atoms with E-state index < -0.39 is 8.07 Å². The van der Waals surface area contributed by atoms with Gasteiger partial charge in [0.25, 0.3) is 0 Å². The number of hydrogen-bond donors (Lipinski definition) is 0. The maximum Gasteiger partial charge on any atom is 0.0941 e. The molecule has 2 aromatic rings. The van der Waals surface area contributed by atoms with Crippen LogP contribution in [-0.2, 0) is 0 Å². The van der Waals surface area contributed by atoms with E-state index in [1.165, 1.54) is 13.8 Å². The van der Waals surface area contributed by atoms with Crippen LogP contribution in [0, 0.1) is 3.57 Å². The molecule has 0 saturated heterocycles. The van der Waals surface area contributed by atoms with Gasteiger partial charge in [-0.15, -0.1) is 11.3 Å². The number of aromatic nitrogens is 1. The number of nitrogens with zero attached hydrogens (tertiary/aromatic N) is 1. The van der Waals surface area contributed by atoms with Gasteiger partial charge in [0.1, 0.15) is 0 Å². The Hall–Kier alpha value is 0.0569. The summed E-state index contributed by atoms with van der Waals surface area (Å²) >= 11 is 4.36. The van der Waals surface area contributed by atoms with Gasteiger partial charge in [-0.25, -0.2) is 0 Å². The maximum atomic E-state index is 4.44. The average Bonchev–Trinajstić information content (AvgIpc) is 2.44. The van der Waals surface area contributed by atoms with Crippen LogP contribution in [0.2, 0.25) is 19.6 Å². The maximum absolute atomic E-state index is 4.44. The van der Waals surface area contributed by atoms with Crippen molar-refractivity contribution in [3.63, 3.8) is 0 Å². The van der Waals surface area contributed by atoms with Gasteiger partial charge in [0.05, 0.1) is 18.3 Å². The Bertz CT molecular complexity index is 472. The number of hydrogen-bond acceptors (Lipinski definition) is 2. The van der Waals surface area contributed by atoms with Crippen molar-refractivity contribution in [2.45, 2.75) is 19.6 Å². The minimum Gasteiger partial charge on any atom is -0.254 e. The van der Waals surface area contributed by atoms with Crippen LogP contribution in [0.1, 0.15) is 0 Å². The average molecular weight is 333 g/mol. The molecule has 0 atom stereocenters. The predicted molar refractivity (Wildman–Crippen MR) is 75.3 cm³/mol. The quantitative estimate of drug-likeness (QED) is 0.575. The molecule has 0 fully saturated rings. The van der Waals surface area contributed by atoms with Gasteiger partial charge in [0, 0.05) is 14.3 Å². The normalized spacial score (nSPS) is 12.3. The van der Waals surface area contributed by atoms with Crippen molar-refractivity contribution in [3.05, 3.63) is 21.9 Å². The Morgan fingerprint density at radius 2 is 2.07 bits per heavy atom. The second-order valence-electron chi connectivity index (χ2n) is 4.35. The lowest BCUT2D eigenvalue weighted by Crippen LogP contribution is -2.36. The SMILES string of the molecule is C[Si](C)(C)c1sc2cccnc2c1I. The fourth-order valence-electron chi connectivity index (χ4n) is 1.38. The molecule has 74 valence electrons. The highest BCUT2D eigenvalue weighted by Crippen LogP contribution is 2.26. The minimum absolute atomic E-state index is 1.19.